The summed E-state index contributed by atoms with van der Waals surface area (Å²) in [4.78, 5) is 0. The Morgan fingerprint density at radius 1 is 0.857 bits per heavy atom. The van der Waals surface area contributed by atoms with Crippen molar-refractivity contribution in [1.29, 1.82) is 0 Å². The van der Waals surface area contributed by atoms with Gasteiger partial charge in [0.05, 0.1) is 26.4 Å². The summed E-state index contributed by atoms with van der Waals surface area (Å²) in [5.41, 5.74) is -5.84. The molecule has 2 fully saturated rings. The molecule has 0 radical (unpaired) electrons. The number of hydrogen-bond acceptors (Lipinski definition) is 7. The first kappa shape index (κ1) is 27.1. The van der Waals surface area contributed by atoms with Gasteiger partial charge in [0.1, 0.15) is 18.8 Å². The van der Waals surface area contributed by atoms with Gasteiger partial charge in [0.25, 0.3) is 0 Å². The molecule has 7 nitrogen and oxygen atoms in total. The number of epoxide rings is 2. The van der Waals surface area contributed by atoms with Gasteiger partial charge in [-0.3, -0.25) is 4.18 Å². The molecule has 1 N–H and O–H groups in total. The maximum absolute atomic E-state index is 11.4. The molecule has 2 heterocycles. The van der Waals surface area contributed by atoms with Crippen molar-refractivity contribution < 1.29 is 71.4 Å². The van der Waals surface area contributed by atoms with Crippen LogP contribution in [0.15, 0.2) is 0 Å². The molecule has 17 heteroatoms. The van der Waals surface area contributed by atoms with Crippen molar-refractivity contribution in [2.24, 2.45) is 0 Å². The van der Waals surface area contributed by atoms with Crippen molar-refractivity contribution in [3.05, 3.63) is 0 Å². The SMILES string of the molecule is FC(F)(F)COCC1CO1.O=S(=O)(OCC(F)(F)F)C(F)(F)F.OCC1CO1. The number of rotatable bonds is 6. The minimum absolute atomic E-state index is 0.0551. The number of aliphatic hydroxyl groups is 1. The van der Waals surface area contributed by atoms with E-state index in [0.29, 0.717) is 6.61 Å². The van der Waals surface area contributed by atoms with Crippen molar-refractivity contribution >= 4 is 10.1 Å². The van der Waals surface area contributed by atoms with Crippen LogP contribution in [0.3, 0.4) is 0 Å². The maximum atomic E-state index is 11.4. The lowest BCUT2D eigenvalue weighted by molar-refractivity contribution is -0.174. The molecule has 0 aromatic carbocycles. The van der Waals surface area contributed by atoms with Crippen molar-refractivity contribution in [2.75, 3.05) is 39.6 Å². The summed E-state index contributed by atoms with van der Waals surface area (Å²) in [5, 5.41) is 8.08. The zero-order valence-electron chi connectivity index (χ0n) is 13.6. The Morgan fingerprint density at radius 3 is 1.54 bits per heavy atom. The van der Waals surface area contributed by atoms with Gasteiger partial charge in [-0.15, -0.1) is 0 Å². The largest absolute Gasteiger partial charge is 0.523 e. The van der Waals surface area contributed by atoms with Gasteiger partial charge >= 0.3 is 28.0 Å². The Hall–Kier alpha value is -0.880. The molecule has 2 atom stereocenters. The zero-order chi connectivity index (χ0) is 22.2. The predicted octanol–water partition coefficient (Wildman–Crippen LogP) is 1.76. The lowest BCUT2D eigenvalue weighted by Gasteiger charge is -2.09. The Morgan fingerprint density at radius 2 is 1.29 bits per heavy atom. The molecule has 0 bridgehead atoms. The van der Waals surface area contributed by atoms with E-state index in [9.17, 15) is 47.9 Å². The van der Waals surface area contributed by atoms with E-state index < -0.39 is 41.2 Å². The van der Waals surface area contributed by atoms with E-state index in [1.165, 1.54) is 0 Å². The average Bonchev–Trinajstić information content (AvgIpc) is 3.36. The fourth-order valence-corrected chi connectivity index (χ4v) is 1.28. The Balaban J connectivity index is 0.000000425. The van der Waals surface area contributed by atoms with Gasteiger partial charge in [0.15, 0.2) is 6.61 Å². The summed E-state index contributed by atoms with van der Waals surface area (Å²) >= 11 is 0. The summed E-state index contributed by atoms with van der Waals surface area (Å²) in [7, 11) is -6.15. The number of alkyl halides is 9. The van der Waals surface area contributed by atoms with Gasteiger partial charge in [0, 0.05) is 0 Å². The molecule has 0 amide bonds. The molecule has 0 aliphatic carbocycles. The number of hydrogen-bond donors (Lipinski definition) is 1. The molecule has 2 aliphatic rings. The molecular weight excluding hydrogens is 447 g/mol. The van der Waals surface area contributed by atoms with Crippen LogP contribution >= 0.6 is 0 Å². The number of aliphatic hydroxyl groups excluding tert-OH is 1. The van der Waals surface area contributed by atoms with Crippen molar-refractivity contribution in [2.45, 2.75) is 30.1 Å². The molecule has 28 heavy (non-hydrogen) atoms. The van der Waals surface area contributed by atoms with Crippen molar-refractivity contribution in [3.8, 4) is 0 Å². The van der Waals surface area contributed by atoms with Crippen molar-refractivity contribution in [3.63, 3.8) is 0 Å². The third-order valence-electron chi connectivity index (χ3n) is 2.24. The highest BCUT2D eigenvalue weighted by atomic mass is 32.2. The molecule has 2 unspecified atom stereocenters. The molecule has 2 rings (SSSR count). The van der Waals surface area contributed by atoms with Crippen LogP contribution in [-0.2, 0) is 28.5 Å². The summed E-state index contributed by atoms with van der Waals surface area (Å²) in [6.07, 6.45) is -9.25. The van der Waals surface area contributed by atoms with Gasteiger partial charge in [-0.05, 0) is 0 Å². The van der Waals surface area contributed by atoms with Gasteiger partial charge in [-0.1, -0.05) is 0 Å². The molecular formula is C11H15F9O7S. The van der Waals surface area contributed by atoms with Crippen molar-refractivity contribution in [1.82, 2.24) is 0 Å². The van der Waals surface area contributed by atoms with E-state index in [1.54, 1.807) is 0 Å². The summed E-state index contributed by atoms with van der Waals surface area (Å²) < 4.78 is 138. The lowest BCUT2D eigenvalue weighted by atomic mass is 10.5. The molecule has 2 aliphatic heterocycles. The number of ether oxygens (including phenoxy) is 3. The standard InChI is InChI=1S/C5H7F3O2.C3H2F6O3S.C3H6O2/c6-5(7,8)3-9-1-4-2-10-4;4-2(5,6)1-12-13(10,11)3(7,8)9;4-1-3-2-5-3/h4H,1-3H2;1H2;3-4H,1-2H2. The second-order valence-corrected chi connectivity index (χ2v) is 6.61. The minimum Gasteiger partial charge on any atom is -0.394 e. The second-order valence-electron chi connectivity index (χ2n) is 5.00. The molecule has 0 aromatic rings. The first-order chi connectivity index (χ1) is 12.5. The fraction of sp³-hybridized carbons (Fsp3) is 1.00. The monoisotopic (exact) mass is 462 g/mol. The first-order valence-electron chi connectivity index (χ1n) is 6.98. The number of halogens is 9. The second kappa shape index (κ2) is 10.8. The van der Waals surface area contributed by atoms with Crippen LogP contribution in [0.5, 0.6) is 0 Å². The molecule has 0 aromatic heterocycles. The van der Waals surface area contributed by atoms with Crippen LogP contribution in [0.2, 0.25) is 0 Å². The van der Waals surface area contributed by atoms with Gasteiger partial charge in [-0.2, -0.15) is 47.9 Å². The van der Waals surface area contributed by atoms with E-state index >= 15 is 0 Å². The molecule has 0 saturated carbocycles. The van der Waals surface area contributed by atoms with Gasteiger partial charge in [0.2, 0.25) is 0 Å². The predicted molar refractivity (Wildman–Crippen MR) is 70.4 cm³/mol. The Kier molecular flexibility index (Phi) is 10.4. The maximum Gasteiger partial charge on any atom is 0.523 e. The fourth-order valence-electron chi connectivity index (χ4n) is 0.855. The lowest BCUT2D eigenvalue weighted by Crippen LogP contribution is -2.29. The third-order valence-corrected chi connectivity index (χ3v) is 3.23. The Labute approximate surface area is 152 Å². The zero-order valence-corrected chi connectivity index (χ0v) is 14.4. The van der Waals surface area contributed by atoms with E-state index in [1.807, 2.05) is 0 Å². The summed E-state index contributed by atoms with van der Waals surface area (Å²) in [6, 6.07) is 0. The van der Waals surface area contributed by atoms with E-state index in [-0.39, 0.29) is 25.4 Å². The molecule has 0 spiro atoms. The van der Waals surface area contributed by atoms with Gasteiger partial charge in [-0.25, -0.2) is 0 Å². The van der Waals surface area contributed by atoms with Crippen LogP contribution in [0.25, 0.3) is 0 Å². The highest BCUT2D eigenvalue weighted by Gasteiger charge is 2.49. The third kappa shape index (κ3) is 16.1. The van der Waals surface area contributed by atoms with E-state index in [2.05, 4.69) is 18.4 Å². The van der Waals surface area contributed by atoms with Crippen LogP contribution in [-0.4, -0.2) is 83.2 Å². The highest BCUT2D eigenvalue weighted by molar-refractivity contribution is 7.87. The molecule has 2 saturated heterocycles. The highest BCUT2D eigenvalue weighted by Crippen LogP contribution is 2.26. The average molecular weight is 462 g/mol. The minimum atomic E-state index is -6.15. The summed E-state index contributed by atoms with van der Waals surface area (Å²) in [5.74, 6) is 0. The first-order valence-corrected chi connectivity index (χ1v) is 8.38. The quantitative estimate of drug-likeness (QED) is 0.278. The topological polar surface area (TPSA) is 97.9 Å². The summed E-state index contributed by atoms with van der Waals surface area (Å²) in [6.45, 7) is -2.13. The molecule has 170 valence electrons. The van der Waals surface area contributed by atoms with Crippen LogP contribution < -0.4 is 0 Å². The smallest absolute Gasteiger partial charge is 0.394 e. The Bertz CT molecular complexity index is 536. The van der Waals surface area contributed by atoms with E-state index in [4.69, 9.17) is 5.11 Å². The van der Waals surface area contributed by atoms with Crippen LogP contribution in [0.1, 0.15) is 0 Å². The van der Waals surface area contributed by atoms with E-state index in [0.717, 1.165) is 6.61 Å². The van der Waals surface area contributed by atoms with Crippen LogP contribution in [0, 0.1) is 0 Å². The van der Waals surface area contributed by atoms with Crippen LogP contribution in [0.4, 0.5) is 39.5 Å². The van der Waals surface area contributed by atoms with Gasteiger partial charge < -0.3 is 19.3 Å². The normalized spacial score (nSPS) is 21.8.